The van der Waals surface area contributed by atoms with Gasteiger partial charge in [0, 0.05) is 11.6 Å². The number of rotatable bonds is 5. The van der Waals surface area contributed by atoms with Gasteiger partial charge in [0.2, 0.25) is 5.91 Å². The molecule has 2 atom stereocenters. The van der Waals surface area contributed by atoms with E-state index in [1.54, 1.807) is 0 Å². The Morgan fingerprint density at radius 1 is 1.12 bits per heavy atom. The lowest BCUT2D eigenvalue weighted by atomic mass is 9.84. The molecule has 4 N–H and O–H groups in total. The third kappa shape index (κ3) is 6.17. The van der Waals surface area contributed by atoms with E-state index in [1.807, 2.05) is 0 Å². The Kier molecular flexibility index (Phi) is 8.36. The molecule has 0 saturated heterocycles. The summed E-state index contributed by atoms with van der Waals surface area (Å²) in [6.07, 6.45) is -0.494. The van der Waals surface area contributed by atoms with Crippen LogP contribution in [0.15, 0.2) is 24.3 Å². The summed E-state index contributed by atoms with van der Waals surface area (Å²) in [5.41, 5.74) is 4.95. The number of nitrogens with two attached hydrogens (primary N) is 1. The SMILES string of the molecule is Cl.NCC1CCCCC1NC(=O)CNC(=O)c1ccc(C(F)(F)F)cc1. The molecule has 0 aliphatic heterocycles. The fraction of sp³-hybridized carbons (Fsp3) is 0.529. The summed E-state index contributed by atoms with van der Waals surface area (Å²) >= 11 is 0. The lowest BCUT2D eigenvalue weighted by Crippen LogP contribution is -2.48. The maximum absolute atomic E-state index is 12.5. The lowest BCUT2D eigenvalue weighted by Gasteiger charge is -2.31. The summed E-state index contributed by atoms with van der Waals surface area (Å²) in [5, 5.41) is 5.29. The standard InChI is InChI=1S/C17H22F3N3O2.ClH/c18-17(19,20)13-7-5-11(6-8-13)16(25)22-10-15(24)23-14-4-2-1-3-12(14)9-21;/h5-8,12,14H,1-4,9-10,21H2,(H,22,25)(H,23,24);1H. The smallest absolute Gasteiger partial charge is 0.352 e. The summed E-state index contributed by atoms with van der Waals surface area (Å²) < 4.78 is 37.5. The van der Waals surface area contributed by atoms with Gasteiger partial charge in [-0.3, -0.25) is 9.59 Å². The van der Waals surface area contributed by atoms with Gasteiger partial charge in [-0.1, -0.05) is 12.8 Å². The van der Waals surface area contributed by atoms with Gasteiger partial charge in [-0.15, -0.1) is 12.4 Å². The Bertz CT molecular complexity index is 608. The molecule has 0 spiro atoms. The molecule has 1 aliphatic rings. The molecular weight excluding hydrogens is 371 g/mol. The second-order valence-electron chi connectivity index (χ2n) is 6.21. The van der Waals surface area contributed by atoms with Crippen LogP contribution in [-0.4, -0.2) is 30.9 Å². The van der Waals surface area contributed by atoms with E-state index in [9.17, 15) is 22.8 Å². The van der Waals surface area contributed by atoms with Crippen LogP contribution in [0.2, 0.25) is 0 Å². The Labute approximate surface area is 156 Å². The molecule has 2 rings (SSSR count). The Balaban J connectivity index is 0.00000338. The van der Waals surface area contributed by atoms with E-state index in [4.69, 9.17) is 5.73 Å². The molecule has 146 valence electrons. The van der Waals surface area contributed by atoms with Crippen LogP contribution in [0.5, 0.6) is 0 Å². The fourth-order valence-corrected chi connectivity index (χ4v) is 3.01. The highest BCUT2D eigenvalue weighted by Gasteiger charge is 2.30. The zero-order valence-electron chi connectivity index (χ0n) is 14.1. The van der Waals surface area contributed by atoms with Gasteiger partial charge in [0.05, 0.1) is 12.1 Å². The van der Waals surface area contributed by atoms with Crippen molar-refractivity contribution in [3.63, 3.8) is 0 Å². The number of halogens is 4. The molecular formula is C17H23ClF3N3O2. The molecule has 9 heteroatoms. The van der Waals surface area contributed by atoms with E-state index in [0.29, 0.717) is 6.54 Å². The largest absolute Gasteiger partial charge is 0.416 e. The first-order valence-corrected chi connectivity index (χ1v) is 8.26. The van der Waals surface area contributed by atoms with Crippen molar-refractivity contribution >= 4 is 24.2 Å². The van der Waals surface area contributed by atoms with E-state index < -0.39 is 17.6 Å². The first kappa shape index (κ1) is 22.2. The van der Waals surface area contributed by atoms with Crippen LogP contribution >= 0.6 is 12.4 Å². The van der Waals surface area contributed by atoms with Crippen molar-refractivity contribution < 1.29 is 22.8 Å². The average molecular weight is 394 g/mol. The molecule has 1 aliphatic carbocycles. The molecule has 2 unspecified atom stereocenters. The minimum atomic E-state index is -4.45. The van der Waals surface area contributed by atoms with Gasteiger partial charge >= 0.3 is 6.18 Å². The van der Waals surface area contributed by atoms with Crippen LogP contribution < -0.4 is 16.4 Å². The second-order valence-corrected chi connectivity index (χ2v) is 6.21. The van der Waals surface area contributed by atoms with Crippen molar-refractivity contribution in [3.8, 4) is 0 Å². The van der Waals surface area contributed by atoms with Gasteiger partial charge in [-0.2, -0.15) is 13.2 Å². The monoisotopic (exact) mass is 393 g/mol. The topological polar surface area (TPSA) is 84.2 Å². The van der Waals surface area contributed by atoms with E-state index in [0.717, 1.165) is 49.9 Å². The number of amides is 2. The molecule has 1 fully saturated rings. The zero-order chi connectivity index (χ0) is 18.4. The van der Waals surface area contributed by atoms with Gasteiger partial charge in [-0.05, 0) is 49.6 Å². The van der Waals surface area contributed by atoms with Gasteiger partial charge in [0.25, 0.3) is 5.91 Å². The van der Waals surface area contributed by atoms with Crippen molar-refractivity contribution in [2.24, 2.45) is 11.7 Å². The molecule has 0 heterocycles. The zero-order valence-corrected chi connectivity index (χ0v) is 15.0. The van der Waals surface area contributed by atoms with Crippen molar-refractivity contribution in [2.45, 2.75) is 37.9 Å². The lowest BCUT2D eigenvalue weighted by molar-refractivity contribution is -0.137. The Morgan fingerprint density at radius 2 is 1.73 bits per heavy atom. The van der Waals surface area contributed by atoms with Gasteiger partial charge in [-0.25, -0.2) is 0 Å². The summed E-state index contributed by atoms with van der Waals surface area (Å²) in [6.45, 7) is 0.274. The summed E-state index contributed by atoms with van der Waals surface area (Å²) in [7, 11) is 0. The maximum Gasteiger partial charge on any atom is 0.416 e. The normalized spacial score (nSPS) is 20.0. The number of alkyl halides is 3. The minimum absolute atomic E-state index is 0. The number of hydrogen-bond donors (Lipinski definition) is 3. The summed E-state index contributed by atoms with van der Waals surface area (Å²) in [6, 6.07) is 3.85. The predicted molar refractivity (Wildman–Crippen MR) is 94.0 cm³/mol. The first-order valence-electron chi connectivity index (χ1n) is 8.26. The molecule has 0 bridgehead atoms. The third-order valence-electron chi connectivity index (χ3n) is 4.44. The van der Waals surface area contributed by atoms with Crippen molar-refractivity contribution in [2.75, 3.05) is 13.1 Å². The summed E-state index contributed by atoms with van der Waals surface area (Å²) in [4.78, 5) is 23.9. The van der Waals surface area contributed by atoms with Gasteiger partial charge in [0.1, 0.15) is 0 Å². The van der Waals surface area contributed by atoms with Crippen molar-refractivity contribution in [1.82, 2.24) is 10.6 Å². The van der Waals surface area contributed by atoms with Gasteiger partial charge < -0.3 is 16.4 Å². The second kappa shape index (κ2) is 9.78. The Hall–Kier alpha value is -1.80. The van der Waals surface area contributed by atoms with E-state index in [1.165, 1.54) is 0 Å². The molecule has 5 nitrogen and oxygen atoms in total. The maximum atomic E-state index is 12.5. The molecule has 0 aromatic heterocycles. The average Bonchev–Trinajstić information content (AvgIpc) is 2.59. The highest BCUT2D eigenvalue weighted by Crippen LogP contribution is 2.29. The molecule has 1 aromatic carbocycles. The van der Waals surface area contributed by atoms with Crippen LogP contribution in [0, 0.1) is 5.92 Å². The molecule has 1 aromatic rings. The minimum Gasteiger partial charge on any atom is -0.352 e. The number of benzene rings is 1. The quantitative estimate of drug-likeness (QED) is 0.718. The highest BCUT2D eigenvalue weighted by atomic mass is 35.5. The van der Waals surface area contributed by atoms with Crippen LogP contribution in [0.25, 0.3) is 0 Å². The third-order valence-corrected chi connectivity index (χ3v) is 4.44. The van der Waals surface area contributed by atoms with Crippen molar-refractivity contribution in [1.29, 1.82) is 0 Å². The Morgan fingerprint density at radius 3 is 2.31 bits per heavy atom. The first-order chi connectivity index (χ1) is 11.8. The molecule has 1 saturated carbocycles. The van der Waals surface area contributed by atoms with E-state index >= 15 is 0 Å². The highest BCUT2D eigenvalue weighted by molar-refractivity contribution is 5.96. The van der Waals surface area contributed by atoms with Crippen molar-refractivity contribution in [3.05, 3.63) is 35.4 Å². The van der Waals surface area contributed by atoms with E-state index in [2.05, 4.69) is 10.6 Å². The van der Waals surface area contributed by atoms with Crippen LogP contribution in [-0.2, 0) is 11.0 Å². The molecule has 0 radical (unpaired) electrons. The number of carbonyl (C=O) groups is 2. The molecule has 26 heavy (non-hydrogen) atoms. The predicted octanol–water partition coefficient (Wildman–Crippen LogP) is 2.49. The number of carbonyl (C=O) groups excluding carboxylic acids is 2. The van der Waals surface area contributed by atoms with Crippen LogP contribution in [0.4, 0.5) is 13.2 Å². The fourth-order valence-electron chi connectivity index (χ4n) is 3.01. The summed E-state index contributed by atoms with van der Waals surface area (Å²) in [5.74, 6) is -0.684. The number of hydrogen-bond acceptors (Lipinski definition) is 3. The number of nitrogens with one attached hydrogen (secondary N) is 2. The van der Waals surface area contributed by atoms with Crippen LogP contribution in [0.1, 0.15) is 41.6 Å². The van der Waals surface area contributed by atoms with Gasteiger partial charge in [0.15, 0.2) is 0 Å². The molecule has 2 amide bonds. The van der Waals surface area contributed by atoms with Crippen LogP contribution in [0.3, 0.4) is 0 Å². The van der Waals surface area contributed by atoms with E-state index in [-0.39, 0.29) is 42.4 Å².